The number of ether oxygens (including phenoxy) is 2. The molecule has 78 valence electrons. The second-order valence-corrected chi connectivity index (χ2v) is 3.21. The van der Waals surface area contributed by atoms with Crippen molar-refractivity contribution in [2.45, 2.75) is 26.1 Å². The van der Waals surface area contributed by atoms with Gasteiger partial charge in [-0.25, -0.2) is 0 Å². The number of aliphatic hydroxyl groups excluding tert-OH is 1. The maximum absolute atomic E-state index is 9.28. The van der Waals surface area contributed by atoms with Crippen LogP contribution in [0.15, 0.2) is 24.3 Å². The minimum absolute atomic E-state index is 0.244. The molecule has 2 atom stereocenters. The van der Waals surface area contributed by atoms with Gasteiger partial charge < -0.3 is 14.6 Å². The Labute approximate surface area is 84.3 Å². The van der Waals surface area contributed by atoms with E-state index in [1.165, 1.54) is 0 Å². The Morgan fingerprint density at radius 2 is 1.71 bits per heavy atom. The molecule has 0 amide bonds. The summed E-state index contributed by atoms with van der Waals surface area (Å²) < 4.78 is 10.6. The summed E-state index contributed by atoms with van der Waals surface area (Å²) in [4.78, 5) is 0. The highest BCUT2D eigenvalue weighted by molar-refractivity contribution is 5.39. The summed E-state index contributed by atoms with van der Waals surface area (Å²) in [6, 6.07) is 7.38. The third kappa shape index (κ3) is 2.64. The smallest absolute Gasteiger partial charge is 0.161 e. The lowest BCUT2D eigenvalue weighted by molar-refractivity contribution is 0.0586. The van der Waals surface area contributed by atoms with Crippen LogP contribution in [0.25, 0.3) is 0 Å². The predicted octanol–water partition coefficient (Wildman–Crippen LogP) is 1.84. The van der Waals surface area contributed by atoms with Crippen LogP contribution in [-0.2, 0) is 0 Å². The Balaban J connectivity index is 2.75. The molecule has 3 heteroatoms. The third-order valence-electron chi connectivity index (χ3n) is 2.06. The zero-order valence-corrected chi connectivity index (χ0v) is 8.73. The Hall–Kier alpha value is -1.22. The van der Waals surface area contributed by atoms with Crippen LogP contribution in [0.4, 0.5) is 0 Å². The summed E-state index contributed by atoms with van der Waals surface area (Å²) in [5.74, 6) is 1.34. The van der Waals surface area contributed by atoms with Crippen LogP contribution >= 0.6 is 0 Å². The second-order valence-electron chi connectivity index (χ2n) is 3.21. The van der Waals surface area contributed by atoms with Crippen molar-refractivity contribution in [1.82, 2.24) is 0 Å². The quantitative estimate of drug-likeness (QED) is 0.798. The molecule has 0 saturated heterocycles. The van der Waals surface area contributed by atoms with E-state index in [2.05, 4.69) is 0 Å². The van der Waals surface area contributed by atoms with Gasteiger partial charge >= 0.3 is 0 Å². The topological polar surface area (TPSA) is 38.7 Å². The monoisotopic (exact) mass is 196 g/mol. The van der Waals surface area contributed by atoms with Crippen molar-refractivity contribution in [1.29, 1.82) is 0 Å². The first kappa shape index (κ1) is 10.9. The highest BCUT2D eigenvalue weighted by Gasteiger charge is 2.12. The molecule has 0 bridgehead atoms. The van der Waals surface area contributed by atoms with E-state index in [1.807, 2.05) is 31.2 Å². The summed E-state index contributed by atoms with van der Waals surface area (Å²) in [5, 5.41) is 9.28. The van der Waals surface area contributed by atoms with Crippen LogP contribution in [0, 0.1) is 0 Å². The van der Waals surface area contributed by atoms with Crippen molar-refractivity contribution in [3.63, 3.8) is 0 Å². The first-order valence-electron chi connectivity index (χ1n) is 4.63. The lowest BCUT2D eigenvalue weighted by atomic mass is 10.2. The fourth-order valence-corrected chi connectivity index (χ4v) is 1.01. The SMILES string of the molecule is COc1ccccc1OC(C)C(C)O. The van der Waals surface area contributed by atoms with E-state index in [0.717, 1.165) is 0 Å². The molecule has 3 nitrogen and oxygen atoms in total. The predicted molar refractivity (Wildman–Crippen MR) is 54.8 cm³/mol. The number of benzene rings is 1. The third-order valence-corrected chi connectivity index (χ3v) is 2.06. The highest BCUT2D eigenvalue weighted by Crippen LogP contribution is 2.27. The van der Waals surface area contributed by atoms with E-state index in [-0.39, 0.29) is 6.10 Å². The lowest BCUT2D eigenvalue weighted by Gasteiger charge is -2.18. The molecule has 0 saturated carbocycles. The minimum Gasteiger partial charge on any atom is -0.493 e. The van der Waals surface area contributed by atoms with E-state index >= 15 is 0 Å². The Morgan fingerprint density at radius 1 is 1.14 bits per heavy atom. The molecule has 1 N–H and O–H groups in total. The normalized spacial score (nSPS) is 14.6. The van der Waals surface area contributed by atoms with Crippen LogP contribution in [0.1, 0.15) is 13.8 Å². The largest absolute Gasteiger partial charge is 0.493 e. The number of hydrogen-bond donors (Lipinski definition) is 1. The summed E-state index contributed by atoms with van der Waals surface area (Å²) in [5.41, 5.74) is 0. The molecule has 0 radical (unpaired) electrons. The zero-order chi connectivity index (χ0) is 10.6. The molecular formula is C11H16O3. The van der Waals surface area contributed by atoms with Crippen LogP contribution in [0.2, 0.25) is 0 Å². The molecule has 0 aliphatic rings. The molecule has 0 aromatic heterocycles. The fraction of sp³-hybridized carbons (Fsp3) is 0.455. The van der Waals surface area contributed by atoms with Crippen LogP contribution in [-0.4, -0.2) is 24.4 Å². The van der Waals surface area contributed by atoms with Crippen LogP contribution in [0.3, 0.4) is 0 Å². The van der Waals surface area contributed by atoms with E-state index in [4.69, 9.17) is 9.47 Å². The second kappa shape index (κ2) is 4.86. The average Bonchev–Trinajstić information content (AvgIpc) is 2.18. The number of methoxy groups -OCH3 is 1. The number of aliphatic hydroxyl groups is 1. The maximum atomic E-state index is 9.28. The van der Waals surface area contributed by atoms with E-state index in [1.54, 1.807) is 14.0 Å². The van der Waals surface area contributed by atoms with Crippen molar-refractivity contribution >= 4 is 0 Å². The van der Waals surface area contributed by atoms with Crippen molar-refractivity contribution < 1.29 is 14.6 Å². The number of para-hydroxylation sites is 2. The van der Waals surface area contributed by atoms with Crippen LogP contribution in [0.5, 0.6) is 11.5 Å². The molecule has 14 heavy (non-hydrogen) atoms. The molecule has 2 unspecified atom stereocenters. The molecule has 0 spiro atoms. The Kier molecular flexibility index (Phi) is 3.77. The Bertz CT molecular complexity index is 284. The van der Waals surface area contributed by atoms with Crippen molar-refractivity contribution in [3.05, 3.63) is 24.3 Å². The number of hydrogen-bond acceptors (Lipinski definition) is 3. The van der Waals surface area contributed by atoms with Gasteiger partial charge in [0.15, 0.2) is 11.5 Å². The van der Waals surface area contributed by atoms with Gasteiger partial charge in [0, 0.05) is 0 Å². The molecule has 0 fully saturated rings. The van der Waals surface area contributed by atoms with E-state index in [9.17, 15) is 5.11 Å². The van der Waals surface area contributed by atoms with Gasteiger partial charge in [-0.15, -0.1) is 0 Å². The van der Waals surface area contributed by atoms with Gasteiger partial charge in [0.05, 0.1) is 13.2 Å². The van der Waals surface area contributed by atoms with E-state index in [0.29, 0.717) is 11.5 Å². The zero-order valence-electron chi connectivity index (χ0n) is 8.73. The van der Waals surface area contributed by atoms with Gasteiger partial charge in [-0.05, 0) is 26.0 Å². The first-order chi connectivity index (χ1) is 6.65. The summed E-state index contributed by atoms with van der Waals surface area (Å²) in [6.45, 7) is 3.51. The van der Waals surface area contributed by atoms with Gasteiger partial charge in [-0.1, -0.05) is 12.1 Å². The van der Waals surface area contributed by atoms with Gasteiger partial charge in [0.25, 0.3) is 0 Å². The highest BCUT2D eigenvalue weighted by atomic mass is 16.5. The van der Waals surface area contributed by atoms with Crippen molar-refractivity contribution in [3.8, 4) is 11.5 Å². The minimum atomic E-state index is -0.500. The van der Waals surface area contributed by atoms with Crippen molar-refractivity contribution in [2.24, 2.45) is 0 Å². The van der Waals surface area contributed by atoms with Gasteiger partial charge in [0.2, 0.25) is 0 Å². The van der Waals surface area contributed by atoms with Gasteiger partial charge in [-0.2, -0.15) is 0 Å². The van der Waals surface area contributed by atoms with Crippen molar-refractivity contribution in [2.75, 3.05) is 7.11 Å². The lowest BCUT2D eigenvalue weighted by Crippen LogP contribution is -2.25. The molecule has 0 aliphatic heterocycles. The Morgan fingerprint density at radius 3 is 2.21 bits per heavy atom. The summed E-state index contributed by atoms with van der Waals surface area (Å²) in [6.07, 6.45) is -0.744. The molecule has 0 aliphatic carbocycles. The molecule has 1 rings (SSSR count). The molecule has 1 aromatic carbocycles. The summed E-state index contributed by atoms with van der Waals surface area (Å²) >= 11 is 0. The summed E-state index contributed by atoms with van der Waals surface area (Å²) in [7, 11) is 1.59. The standard InChI is InChI=1S/C11H16O3/c1-8(12)9(2)14-11-7-5-4-6-10(11)13-3/h4-9,12H,1-3H3. The molecule has 0 heterocycles. The maximum Gasteiger partial charge on any atom is 0.161 e. The first-order valence-corrected chi connectivity index (χ1v) is 4.63. The van der Waals surface area contributed by atoms with Crippen LogP contribution < -0.4 is 9.47 Å². The molecule has 1 aromatic rings. The fourth-order valence-electron chi connectivity index (χ4n) is 1.01. The molecular weight excluding hydrogens is 180 g/mol. The number of rotatable bonds is 4. The average molecular weight is 196 g/mol. The van der Waals surface area contributed by atoms with Gasteiger partial charge in [0.1, 0.15) is 6.10 Å². The van der Waals surface area contributed by atoms with Gasteiger partial charge in [-0.3, -0.25) is 0 Å². The van der Waals surface area contributed by atoms with E-state index < -0.39 is 6.10 Å².